The normalized spacial score (nSPS) is 45.8. The van der Waals surface area contributed by atoms with Crippen molar-refractivity contribution in [1.82, 2.24) is 0 Å². The van der Waals surface area contributed by atoms with Gasteiger partial charge >= 0.3 is 5.97 Å². The second-order valence-electron chi connectivity index (χ2n) is 9.93. The number of carbonyl (C=O) groups is 1. The summed E-state index contributed by atoms with van der Waals surface area (Å²) in [6, 6.07) is 0. The highest BCUT2D eigenvalue weighted by molar-refractivity contribution is 5.83. The molecule has 31 heavy (non-hydrogen) atoms. The van der Waals surface area contributed by atoms with Gasteiger partial charge in [-0.15, -0.1) is 0 Å². The standard InChI is InChI=1S/C26H36O5/c1-16(20-17(2)15-25(6,29)19(4)30-20)13-11-9-8-10-12-14-24(5)22-18(3)21(27)26(24,7)23(28)31-22/h8-15,18-22,27,29H,1-7H3/t18?,19-,20-,21+,22?,24-,25+,26-/m0/s1. The summed E-state index contributed by atoms with van der Waals surface area (Å²) in [5.41, 5.74) is -0.317. The maximum absolute atomic E-state index is 12.3. The van der Waals surface area contributed by atoms with Gasteiger partial charge < -0.3 is 19.7 Å². The van der Waals surface area contributed by atoms with Gasteiger partial charge in [0.2, 0.25) is 0 Å². The molecule has 170 valence electrons. The molecular formula is C26H36O5. The molecule has 0 radical (unpaired) electrons. The van der Waals surface area contributed by atoms with Gasteiger partial charge in [-0.3, -0.25) is 4.79 Å². The van der Waals surface area contributed by atoms with Gasteiger partial charge in [-0.25, -0.2) is 0 Å². The summed E-state index contributed by atoms with van der Waals surface area (Å²) < 4.78 is 11.5. The third-order valence-electron chi connectivity index (χ3n) is 7.69. The average Bonchev–Trinajstić information content (AvgIpc) is 2.97. The molecule has 2 bridgehead atoms. The van der Waals surface area contributed by atoms with Crippen LogP contribution in [0.2, 0.25) is 0 Å². The minimum absolute atomic E-state index is 0.0831. The van der Waals surface area contributed by atoms with Crippen LogP contribution in [0.1, 0.15) is 48.5 Å². The summed E-state index contributed by atoms with van der Waals surface area (Å²) in [6.45, 7) is 13.3. The summed E-state index contributed by atoms with van der Waals surface area (Å²) in [4.78, 5) is 12.3. The Morgan fingerprint density at radius 2 is 1.71 bits per heavy atom. The van der Waals surface area contributed by atoms with E-state index in [4.69, 9.17) is 9.47 Å². The number of carbonyl (C=O) groups excluding carboxylic acids is 1. The number of fused-ring (bicyclic) bond motifs is 2. The van der Waals surface area contributed by atoms with E-state index < -0.39 is 22.5 Å². The monoisotopic (exact) mass is 428 g/mol. The molecule has 2 N–H and O–H groups in total. The molecule has 1 saturated heterocycles. The van der Waals surface area contributed by atoms with Crippen LogP contribution >= 0.6 is 0 Å². The molecule has 0 aromatic carbocycles. The smallest absolute Gasteiger partial charge is 0.315 e. The largest absolute Gasteiger partial charge is 0.461 e. The zero-order valence-electron chi connectivity index (χ0n) is 19.6. The van der Waals surface area contributed by atoms with E-state index in [0.717, 1.165) is 11.1 Å². The fraction of sp³-hybridized carbons (Fsp3) is 0.577. The topological polar surface area (TPSA) is 76.0 Å². The van der Waals surface area contributed by atoms with Crippen LogP contribution in [0.15, 0.2) is 59.8 Å². The van der Waals surface area contributed by atoms with Crippen molar-refractivity contribution in [3.05, 3.63) is 59.8 Å². The number of ether oxygens (including phenoxy) is 2. The highest BCUT2D eigenvalue weighted by atomic mass is 16.6. The zero-order valence-corrected chi connectivity index (χ0v) is 19.6. The highest BCUT2D eigenvalue weighted by Crippen LogP contribution is 2.62. The van der Waals surface area contributed by atoms with Gasteiger partial charge in [-0.1, -0.05) is 56.4 Å². The minimum Gasteiger partial charge on any atom is -0.461 e. The summed E-state index contributed by atoms with van der Waals surface area (Å²) in [6.07, 6.45) is 14.1. The van der Waals surface area contributed by atoms with Crippen LogP contribution in [0, 0.1) is 16.7 Å². The van der Waals surface area contributed by atoms with Crippen molar-refractivity contribution in [2.24, 2.45) is 16.7 Å². The first-order valence-electron chi connectivity index (χ1n) is 11.0. The Morgan fingerprint density at radius 1 is 1.10 bits per heavy atom. The summed E-state index contributed by atoms with van der Waals surface area (Å²) in [5.74, 6) is -0.398. The van der Waals surface area contributed by atoms with Crippen LogP contribution in [-0.4, -0.2) is 46.2 Å². The van der Waals surface area contributed by atoms with Gasteiger partial charge in [0, 0.05) is 11.3 Å². The molecule has 2 fully saturated rings. The van der Waals surface area contributed by atoms with E-state index in [0.29, 0.717) is 0 Å². The van der Waals surface area contributed by atoms with Gasteiger partial charge in [-0.2, -0.15) is 0 Å². The number of allylic oxidation sites excluding steroid dienone is 6. The Balaban J connectivity index is 1.63. The Bertz CT molecular complexity index is 876. The third-order valence-corrected chi connectivity index (χ3v) is 7.69. The second kappa shape index (κ2) is 8.19. The van der Waals surface area contributed by atoms with Gasteiger partial charge in [0.05, 0.1) is 18.3 Å². The lowest BCUT2D eigenvalue weighted by Gasteiger charge is -2.37. The van der Waals surface area contributed by atoms with Crippen molar-refractivity contribution in [3.63, 3.8) is 0 Å². The van der Waals surface area contributed by atoms with E-state index >= 15 is 0 Å². The zero-order chi connectivity index (χ0) is 23.2. The molecule has 2 unspecified atom stereocenters. The van der Waals surface area contributed by atoms with Gasteiger partial charge in [0.1, 0.15) is 17.1 Å². The minimum atomic E-state index is -0.943. The van der Waals surface area contributed by atoms with Crippen molar-refractivity contribution in [3.8, 4) is 0 Å². The molecule has 5 heteroatoms. The van der Waals surface area contributed by atoms with Gasteiger partial charge in [-0.05, 0) is 51.8 Å². The van der Waals surface area contributed by atoms with E-state index in [1.807, 2.05) is 83.2 Å². The molecule has 8 atom stereocenters. The number of aliphatic hydroxyl groups is 2. The van der Waals surface area contributed by atoms with E-state index in [2.05, 4.69) is 0 Å². The van der Waals surface area contributed by atoms with Crippen LogP contribution < -0.4 is 0 Å². The van der Waals surface area contributed by atoms with E-state index in [9.17, 15) is 15.0 Å². The molecule has 3 aliphatic rings. The van der Waals surface area contributed by atoms with E-state index in [1.54, 1.807) is 13.8 Å². The predicted molar refractivity (Wildman–Crippen MR) is 121 cm³/mol. The van der Waals surface area contributed by atoms with Crippen LogP contribution in [0.3, 0.4) is 0 Å². The molecule has 0 amide bonds. The van der Waals surface area contributed by atoms with Crippen molar-refractivity contribution in [1.29, 1.82) is 0 Å². The van der Waals surface area contributed by atoms with Crippen LogP contribution in [0.5, 0.6) is 0 Å². The first-order chi connectivity index (χ1) is 14.4. The first-order valence-corrected chi connectivity index (χ1v) is 11.0. The molecule has 2 aliphatic heterocycles. The molecule has 0 aromatic rings. The first kappa shape index (κ1) is 23.7. The SMILES string of the molecule is CC(=CC=CC=CC=C[C@@]1(C)C2OC(=O)[C@]1(C)[C@H](O)C2C)[C@@H]1O[C@@H](C)[C@](C)(O)C=C1C. The predicted octanol–water partition coefficient (Wildman–Crippen LogP) is 4.03. The van der Waals surface area contributed by atoms with Gasteiger partial charge in [0.25, 0.3) is 0 Å². The highest BCUT2D eigenvalue weighted by Gasteiger charge is 2.73. The van der Waals surface area contributed by atoms with Crippen LogP contribution in [0.25, 0.3) is 0 Å². The molecule has 5 nitrogen and oxygen atoms in total. The Morgan fingerprint density at radius 3 is 2.35 bits per heavy atom. The average molecular weight is 429 g/mol. The van der Waals surface area contributed by atoms with E-state index in [-0.39, 0.29) is 30.2 Å². The van der Waals surface area contributed by atoms with E-state index in [1.165, 1.54) is 0 Å². The number of aliphatic hydroxyl groups excluding tert-OH is 1. The number of rotatable bonds is 5. The third kappa shape index (κ3) is 3.77. The quantitative estimate of drug-likeness (QED) is 0.393. The maximum atomic E-state index is 12.3. The molecule has 3 rings (SSSR count). The molecule has 1 saturated carbocycles. The molecule has 1 aliphatic carbocycles. The molecular weight excluding hydrogens is 392 g/mol. The maximum Gasteiger partial charge on any atom is 0.315 e. The summed E-state index contributed by atoms with van der Waals surface area (Å²) >= 11 is 0. The number of hydrogen-bond donors (Lipinski definition) is 2. The molecule has 0 spiro atoms. The molecule has 0 aromatic heterocycles. The Hall–Kier alpha value is -1.95. The summed E-state index contributed by atoms with van der Waals surface area (Å²) in [7, 11) is 0. The number of hydrogen-bond acceptors (Lipinski definition) is 5. The lowest BCUT2D eigenvalue weighted by molar-refractivity contribution is -0.165. The van der Waals surface area contributed by atoms with Crippen molar-refractivity contribution < 1.29 is 24.5 Å². The lowest BCUT2D eigenvalue weighted by atomic mass is 9.68. The summed E-state index contributed by atoms with van der Waals surface area (Å²) in [5, 5.41) is 20.9. The van der Waals surface area contributed by atoms with Gasteiger partial charge in [0.15, 0.2) is 0 Å². The van der Waals surface area contributed by atoms with Crippen molar-refractivity contribution >= 4 is 5.97 Å². The fourth-order valence-electron chi connectivity index (χ4n) is 5.24. The van der Waals surface area contributed by atoms with Crippen LogP contribution in [0.4, 0.5) is 0 Å². The van der Waals surface area contributed by atoms with Crippen molar-refractivity contribution in [2.75, 3.05) is 0 Å². The number of esters is 1. The Labute approximate surface area is 185 Å². The fourth-order valence-corrected chi connectivity index (χ4v) is 5.24. The van der Waals surface area contributed by atoms with Crippen LogP contribution in [-0.2, 0) is 14.3 Å². The lowest BCUT2D eigenvalue weighted by Crippen LogP contribution is -2.44. The van der Waals surface area contributed by atoms with Crippen molar-refractivity contribution in [2.45, 2.75) is 78.5 Å². The Kier molecular flexibility index (Phi) is 6.27. The molecule has 2 heterocycles. The second-order valence-corrected chi connectivity index (χ2v) is 9.93.